The molecule has 0 bridgehead atoms. The molecule has 0 amide bonds. The molecule has 1 saturated heterocycles. The predicted molar refractivity (Wildman–Crippen MR) is 101 cm³/mol. The fourth-order valence-electron chi connectivity index (χ4n) is 3.63. The van der Waals surface area contributed by atoms with Crippen LogP contribution in [0, 0.1) is 0 Å². The van der Waals surface area contributed by atoms with Crippen molar-refractivity contribution < 1.29 is 18.3 Å². The van der Waals surface area contributed by atoms with Gasteiger partial charge in [0.25, 0.3) is 5.97 Å². The predicted octanol–water partition coefficient (Wildman–Crippen LogP) is 5.75. The van der Waals surface area contributed by atoms with Crippen molar-refractivity contribution in [2.75, 3.05) is 21.3 Å². The number of hydrogen-bond acceptors (Lipinski definition) is 4. The third-order valence-corrected chi connectivity index (χ3v) is 8.95. The standard InChI is InChI=1S/C19H40O4Si/c1-5-6-7-8-9-10-11-12-13-14-17-24(22-4)18-15-16-19(20-2,21-3)23-24/h5-18H2,1-4H3. The molecule has 24 heavy (non-hydrogen) atoms. The Balaban J connectivity index is 2.17. The van der Waals surface area contributed by atoms with Gasteiger partial charge in [0.1, 0.15) is 0 Å². The fraction of sp³-hybridized carbons (Fsp3) is 1.00. The van der Waals surface area contributed by atoms with E-state index in [9.17, 15) is 0 Å². The summed E-state index contributed by atoms with van der Waals surface area (Å²) in [5.74, 6) is -0.876. The van der Waals surface area contributed by atoms with E-state index in [1.807, 2.05) is 0 Å². The van der Waals surface area contributed by atoms with Gasteiger partial charge >= 0.3 is 8.56 Å². The lowest BCUT2D eigenvalue weighted by atomic mass is 10.1. The highest BCUT2D eigenvalue weighted by molar-refractivity contribution is 6.67. The van der Waals surface area contributed by atoms with E-state index in [4.69, 9.17) is 18.3 Å². The molecule has 1 heterocycles. The van der Waals surface area contributed by atoms with E-state index < -0.39 is 14.5 Å². The van der Waals surface area contributed by atoms with E-state index in [0.717, 1.165) is 24.9 Å². The van der Waals surface area contributed by atoms with Gasteiger partial charge in [0.05, 0.1) is 0 Å². The molecule has 1 unspecified atom stereocenters. The third kappa shape index (κ3) is 7.52. The lowest BCUT2D eigenvalue weighted by Crippen LogP contribution is -2.55. The van der Waals surface area contributed by atoms with Crippen LogP contribution in [0.5, 0.6) is 0 Å². The van der Waals surface area contributed by atoms with Crippen LogP contribution in [0.3, 0.4) is 0 Å². The molecule has 0 aromatic heterocycles. The molecule has 1 atom stereocenters. The minimum Gasteiger partial charge on any atom is -0.397 e. The minimum absolute atomic E-state index is 0.788. The van der Waals surface area contributed by atoms with Crippen LogP contribution >= 0.6 is 0 Å². The molecule has 1 fully saturated rings. The molecule has 1 aliphatic rings. The van der Waals surface area contributed by atoms with Crippen LogP contribution in [0.1, 0.15) is 84.0 Å². The molecule has 0 aromatic carbocycles. The summed E-state index contributed by atoms with van der Waals surface area (Å²) >= 11 is 0. The lowest BCUT2D eigenvalue weighted by Gasteiger charge is -2.43. The van der Waals surface area contributed by atoms with Gasteiger partial charge < -0.3 is 18.3 Å². The summed E-state index contributed by atoms with van der Waals surface area (Å²) in [4.78, 5) is 0. The Morgan fingerprint density at radius 3 is 1.88 bits per heavy atom. The highest BCUT2D eigenvalue weighted by Gasteiger charge is 2.49. The van der Waals surface area contributed by atoms with Crippen LogP contribution in [0.2, 0.25) is 12.1 Å². The molecule has 0 aromatic rings. The van der Waals surface area contributed by atoms with Gasteiger partial charge in [-0.25, -0.2) is 0 Å². The Kier molecular flexibility index (Phi) is 11.4. The molecule has 5 heteroatoms. The first kappa shape index (κ1) is 22.1. The highest BCUT2D eigenvalue weighted by atomic mass is 28.4. The van der Waals surface area contributed by atoms with Crippen molar-refractivity contribution in [3.63, 3.8) is 0 Å². The van der Waals surface area contributed by atoms with Gasteiger partial charge in [0.2, 0.25) is 0 Å². The Labute approximate surface area is 150 Å². The average Bonchev–Trinajstić information content (AvgIpc) is 2.63. The molecular weight excluding hydrogens is 320 g/mol. The number of hydrogen-bond donors (Lipinski definition) is 0. The maximum Gasteiger partial charge on any atom is 0.342 e. The second kappa shape index (κ2) is 12.4. The summed E-state index contributed by atoms with van der Waals surface area (Å²) < 4.78 is 23.1. The Bertz CT molecular complexity index is 310. The first-order chi connectivity index (χ1) is 11.7. The van der Waals surface area contributed by atoms with Gasteiger partial charge in [-0.05, 0) is 18.5 Å². The zero-order valence-electron chi connectivity index (χ0n) is 16.5. The molecule has 4 nitrogen and oxygen atoms in total. The Morgan fingerprint density at radius 1 is 0.833 bits per heavy atom. The van der Waals surface area contributed by atoms with Crippen LogP contribution < -0.4 is 0 Å². The topological polar surface area (TPSA) is 36.9 Å². The summed E-state index contributed by atoms with van der Waals surface area (Å²) in [7, 11) is 2.94. The third-order valence-electron chi connectivity index (χ3n) is 5.29. The van der Waals surface area contributed by atoms with Gasteiger partial charge in [-0.3, -0.25) is 0 Å². The van der Waals surface area contributed by atoms with Gasteiger partial charge in [0, 0.05) is 27.8 Å². The maximum atomic E-state index is 6.26. The molecule has 1 rings (SSSR count). The Morgan fingerprint density at radius 2 is 1.38 bits per heavy atom. The van der Waals surface area contributed by atoms with Crippen LogP contribution in [-0.4, -0.2) is 35.9 Å². The molecule has 0 spiro atoms. The quantitative estimate of drug-likeness (QED) is 0.224. The summed E-state index contributed by atoms with van der Waals surface area (Å²) in [5.41, 5.74) is 0. The van der Waals surface area contributed by atoms with Gasteiger partial charge in [-0.2, -0.15) is 0 Å². The zero-order valence-corrected chi connectivity index (χ0v) is 17.5. The largest absolute Gasteiger partial charge is 0.397 e. The van der Waals surface area contributed by atoms with Crippen LogP contribution in [0.4, 0.5) is 0 Å². The highest BCUT2D eigenvalue weighted by Crippen LogP contribution is 2.38. The van der Waals surface area contributed by atoms with Crippen molar-refractivity contribution in [3.05, 3.63) is 0 Å². The first-order valence-electron chi connectivity index (χ1n) is 10.0. The molecule has 0 saturated carbocycles. The summed E-state index contributed by atoms with van der Waals surface area (Å²) in [5, 5.41) is 0. The van der Waals surface area contributed by atoms with Gasteiger partial charge in [-0.1, -0.05) is 71.1 Å². The van der Waals surface area contributed by atoms with Gasteiger partial charge in [0.15, 0.2) is 0 Å². The summed E-state index contributed by atoms with van der Waals surface area (Å²) in [6.07, 6.45) is 15.4. The fourth-order valence-corrected chi connectivity index (χ4v) is 6.92. The van der Waals surface area contributed by atoms with Gasteiger partial charge in [-0.15, -0.1) is 0 Å². The van der Waals surface area contributed by atoms with Crippen LogP contribution in [0.15, 0.2) is 0 Å². The molecular formula is C19H40O4Si. The van der Waals surface area contributed by atoms with E-state index in [1.165, 1.54) is 64.2 Å². The summed E-state index contributed by atoms with van der Waals surface area (Å²) in [6, 6.07) is 2.10. The van der Waals surface area contributed by atoms with E-state index in [-0.39, 0.29) is 0 Å². The zero-order chi connectivity index (χ0) is 17.7. The van der Waals surface area contributed by atoms with E-state index in [2.05, 4.69) is 6.92 Å². The minimum atomic E-state index is -2.17. The number of unbranched alkanes of at least 4 members (excludes halogenated alkanes) is 9. The lowest BCUT2D eigenvalue weighted by molar-refractivity contribution is -0.341. The molecule has 1 aliphatic heterocycles. The van der Waals surface area contributed by atoms with Crippen molar-refractivity contribution in [3.8, 4) is 0 Å². The monoisotopic (exact) mass is 360 g/mol. The van der Waals surface area contributed by atoms with Crippen molar-refractivity contribution >= 4 is 8.56 Å². The summed E-state index contributed by atoms with van der Waals surface area (Å²) in [6.45, 7) is 2.27. The molecule has 0 N–H and O–H groups in total. The Hall–Kier alpha value is 0.0569. The SMILES string of the molecule is CCCCCCCCCCCC[Si]1(OC)CCCC(OC)(OC)O1. The van der Waals surface area contributed by atoms with E-state index >= 15 is 0 Å². The second-order valence-corrected chi connectivity index (χ2v) is 10.5. The average molecular weight is 361 g/mol. The van der Waals surface area contributed by atoms with Crippen LogP contribution in [-0.2, 0) is 18.3 Å². The number of methoxy groups -OCH3 is 2. The molecule has 0 radical (unpaired) electrons. The molecule has 144 valence electrons. The smallest absolute Gasteiger partial charge is 0.342 e. The van der Waals surface area contributed by atoms with Crippen molar-refractivity contribution in [2.24, 2.45) is 0 Å². The number of rotatable bonds is 14. The van der Waals surface area contributed by atoms with Crippen LogP contribution in [0.25, 0.3) is 0 Å². The van der Waals surface area contributed by atoms with E-state index in [0.29, 0.717) is 0 Å². The first-order valence-corrected chi connectivity index (χ1v) is 12.2. The maximum absolute atomic E-state index is 6.26. The second-order valence-electron chi connectivity index (χ2n) is 7.09. The van der Waals surface area contributed by atoms with Crippen molar-refractivity contribution in [2.45, 2.75) is 102 Å². The van der Waals surface area contributed by atoms with E-state index in [1.54, 1.807) is 21.3 Å². The van der Waals surface area contributed by atoms with Crippen molar-refractivity contribution in [1.29, 1.82) is 0 Å². The molecule has 0 aliphatic carbocycles. The number of ether oxygens (including phenoxy) is 2. The normalized spacial score (nSPS) is 23.5. The van der Waals surface area contributed by atoms with Crippen molar-refractivity contribution in [1.82, 2.24) is 0 Å².